The second-order valence-corrected chi connectivity index (χ2v) is 9.33. The van der Waals surface area contributed by atoms with Crippen LogP contribution in [0, 0.1) is 12.3 Å². The van der Waals surface area contributed by atoms with Crippen molar-refractivity contribution in [2.75, 3.05) is 32.8 Å². The van der Waals surface area contributed by atoms with E-state index >= 15 is 0 Å². The molecule has 1 unspecified atom stereocenters. The molecule has 0 radical (unpaired) electrons. The number of fused-ring (bicyclic) bond motifs is 1. The van der Waals surface area contributed by atoms with E-state index in [9.17, 15) is 14.4 Å². The fraction of sp³-hybridized carbons (Fsp3) is 0.577. The van der Waals surface area contributed by atoms with Crippen molar-refractivity contribution in [3.63, 3.8) is 0 Å². The largest absolute Gasteiger partial charge is 0.376 e. The van der Waals surface area contributed by atoms with Crippen molar-refractivity contribution in [3.8, 4) is 12.3 Å². The summed E-state index contributed by atoms with van der Waals surface area (Å²) in [6.07, 6.45) is 9.12. The highest BCUT2D eigenvalue weighted by atomic mass is 16.5. The van der Waals surface area contributed by atoms with Gasteiger partial charge in [0, 0.05) is 19.7 Å². The van der Waals surface area contributed by atoms with E-state index in [1.807, 2.05) is 30.3 Å². The molecule has 0 bridgehead atoms. The number of nitrogens with one attached hydrogen (secondary N) is 1. The third kappa shape index (κ3) is 5.60. The monoisotopic (exact) mass is 481 g/mol. The van der Waals surface area contributed by atoms with Gasteiger partial charge in [-0.05, 0) is 24.8 Å². The van der Waals surface area contributed by atoms with E-state index in [1.165, 1.54) is 0 Å². The zero-order valence-electron chi connectivity index (χ0n) is 20.4. The molecule has 3 fully saturated rings. The van der Waals surface area contributed by atoms with E-state index < -0.39 is 12.2 Å². The van der Waals surface area contributed by atoms with Crippen LogP contribution in [0.3, 0.4) is 0 Å². The maximum atomic E-state index is 13.5. The Labute approximate surface area is 207 Å². The SMILES string of the molecule is C#CCN1CC(=O)N2[C@@H](CCCC)C(=O)N(CC3CCCO3)C[C@@H]2N1C(=O)NCc1ccccc1. The molecule has 0 saturated carbocycles. The van der Waals surface area contributed by atoms with Crippen LogP contribution in [0.5, 0.6) is 0 Å². The number of piperazine rings is 1. The molecule has 0 aromatic heterocycles. The molecule has 0 spiro atoms. The number of urea groups is 1. The van der Waals surface area contributed by atoms with Crippen LogP contribution in [0.15, 0.2) is 30.3 Å². The van der Waals surface area contributed by atoms with Crippen LogP contribution in [0.2, 0.25) is 0 Å². The van der Waals surface area contributed by atoms with E-state index in [0.717, 1.165) is 31.2 Å². The van der Waals surface area contributed by atoms with Crippen LogP contribution in [0.25, 0.3) is 0 Å². The lowest BCUT2D eigenvalue weighted by Gasteiger charge is -2.55. The van der Waals surface area contributed by atoms with Crippen LogP contribution in [-0.4, -0.2) is 88.8 Å². The Morgan fingerprint density at radius 2 is 2.06 bits per heavy atom. The Kier molecular flexibility index (Phi) is 8.26. The number of hydrogen-bond acceptors (Lipinski definition) is 5. The molecular weight excluding hydrogens is 446 g/mol. The molecule has 4 amide bonds. The van der Waals surface area contributed by atoms with Gasteiger partial charge in [0.05, 0.1) is 25.7 Å². The minimum absolute atomic E-state index is 0.0150. The van der Waals surface area contributed by atoms with Crippen LogP contribution in [-0.2, 0) is 20.9 Å². The number of rotatable bonds is 8. The summed E-state index contributed by atoms with van der Waals surface area (Å²) < 4.78 is 5.79. The normalized spacial score (nSPS) is 24.9. The van der Waals surface area contributed by atoms with E-state index in [2.05, 4.69) is 18.2 Å². The van der Waals surface area contributed by atoms with E-state index in [-0.39, 0.29) is 43.6 Å². The van der Waals surface area contributed by atoms with Crippen molar-refractivity contribution in [2.45, 2.75) is 63.9 Å². The Morgan fingerprint density at radius 3 is 2.74 bits per heavy atom. The molecule has 4 rings (SSSR count). The number of carbonyl (C=O) groups excluding carboxylic acids is 3. The van der Waals surface area contributed by atoms with Gasteiger partial charge in [0.15, 0.2) is 0 Å². The fourth-order valence-corrected chi connectivity index (χ4v) is 5.16. The van der Waals surface area contributed by atoms with Crippen LogP contribution < -0.4 is 5.32 Å². The van der Waals surface area contributed by atoms with Gasteiger partial charge < -0.3 is 19.9 Å². The van der Waals surface area contributed by atoms with Gasteiger partial charge in [0.2, 0.25) is 11.8 Å². The van der Waals surface area contributed by atoms with E-state index in [4.69, 9.17) is 11.2 Å². The van der Waals surface area contributed by atoms with Crippen LogP contribution >= 0.6 is 0 Å². The number of unbranched alkanes of at least 4 members (excludes halogenated alkanes) is 1. The average molecular weight is 482 g/mol. The van der Waals surface area contributed by atoms with Crippen molar-refractivity contribution >= 4 is 17.8 Å². The smallest absolute Gasteiger partial charge is 0.334 e. The Balaban J connectivity index is 1.61. The van der Waals surface area contributed by atoms with Crippen molar-refractivity contribution in [1.82, 2.24) is 25.1 Å². The molecule has 3 aliphatic heterocycles. The highest BCUT2D eigenvalue weighted by Gasteiger charge is 2.51. The third-order valence-corrected chi connectivity index (χ3v) is 6.88. The average Bonchev–Trinajstić information content (AvgIpc) is 3.37. The summed E-state index contributed by atoms with van der Waals surface area (Å²) in [4.78, 5) is 43.7. The van der Waals surface area contributed by atoms with Crippen molar-refractivity contribution < 1.29 is 19.1 Å². The fourth-order valence-electron chi connectivity index (χ4n) is 5.16. The lowest BCUT2D eigenvalue weighted by Crippen LogP contribution is -2.76. The lowest BCUT2D eigenvalue weighted by molar-refractivity contribution is -0.190. The first-order valence-corrected chi connectivity index (χ1v) is 12.5. The van der Waals surface area contributed by atoms with Gasteiger partial charge in [-0.25, -0.2) is 9.80 Å². The summed E-state index contributed by atoms with van der Waals surface area (Å²) in [5.41, 5.74) is 0.967. The van der Waals surface area contributed by atoms with Gasteiger partial charge in [0.25, 0.3) is 0 Å². The third-order valence-electron chi connectivity index (χ3n) is 6.88. The van der Waals surface area contributed by atoms with E-state index in [0.29, 0.717) is 26.1 Å². The number of ether oxygens (including phenoxy) is 1. The molecule has 3 atom stereocenters. The van der Waals surface area contributed by atoms with Gasteiger partial charge >= 0.3 is 6.03 Å². The number of nitrogens with zero attached hydrogens (tertiary/aromatic N) is 4. The molecule has 3 heterocycles. The van der Waals surface area contributed by atoms with Gasteiger partial charge in [-0.15, -0.1) is 6.42 Å². The molecule has 1 aromatic carbocycles. The zero-order chi connectivity index (χ0) is 24.8. The number of carbonyl (C=O) groups is 3. The molecule has 35 heavy (non-hydrogen) atoms. The summed E-state index contributed by atoms with van der Waals surface area (Å²) in [6, 6.07) is 8.70. The Hall–Kier alpha value is -3.09. The maximum Gasteiger partial charge on any atom is 0.334 e. The first-order chi connectivity index (χ1) is 17.0. The summed E-state index contributed by atoms with van der Waals surface area (Å²) in [7, 11) is 0. The molecule has 0 aliphatic carbocycles. The molecule has 1 aromatic rings. The minimum Gasteiger partial charge on any atom is -0.376 e. The molecule has 1 N–H and O–H groups in total. The number of terminal acetylenes is 1. The van der Waals surface area contributed by atoms with Gasteiger partial charge in [0.1, 0.15) is 12.2 Å². The lowest BCUT2D eigenvalue weighted by atomic mass is 10.0. The summed E-state index contributed by atoms with van der Waals surface area (Å²) in [5, 5.41) is 6.14. The van der Waals surface area contributed by atoms with Crippen molar-refractivity contribution in [2.24, 2.45) is 0 Å². The second kappa shape index (κ2) is 11.6. The van der Waals surface area contributed by atoms with Gasteiger partial charge in [-0.2, -0.15) is 5.01 Å². The predicted molar refractivity (Wildman–Crippen MR) is 130 cm³/mol. The maximum absolute atomic E-state index is 13.5. The van der Waals surface area contributed by atoms with Crippen LogP contribution in [0.1, 0.15) is 44.6 Å². The first kappa shape index (κ1) is 25.0. The Morgan fingerprint density at radius 1 is 1.26 bits per heavy atom. The Bertz CT molecular complexity index is 943. The summed E-state index contributed by atoms with van der Waals surface area (Å²) in [5.74, 6) is 2.33. The zero-order valence-corrected chi connectivity index (χ0v) is 20.4. The number of amides is 4. The van der Waals surface area contributed by atoms with Gasteiger partial charge in [-0.1, -0.05) is 56.0 Å². The molecule has 188 valence electrons. The quantitative estimate of drug-likeness (QED) is 0.573. The van der Waals surface area contributed by atoms with Crippen molar-refractivity contribution in [3.05, 3.63) is 35.9 Å². The highest BCUT2D eigenvalue weighted by Crippen LogP contribution is 2.29. The molecule has 9 nitrogen and oxygen atoms in total. The number of hydrogen-bond donors (Lipinski definition) is 1. The van der Waals surface area contributed by atoms with Crippen molar-refractivity contribution in [1.29, 1.82) is 0 Å². The standard InChI is InChI=1S/C26H35N5O4/c1-3-5-13-22-25(33)28(17-21-12-9-15-35-21)18-23-30(22)24(32)19-29(14-4-2)31(23)26(34)27-16-20-10-7-6-8-11-20/h2,6-8,10-11,21-23H,3,5,9,12-19H2,1H3,(H,27,34)/t21?,22-,23-/m0/s1. The molecule has 3 aliphatic rings. The predicted octanol–water partition coefficient (Wildman–Crippen LogP) is 1.80. The van der Waals surface area contributed by atoms with Crippen LogP contribution in [0.4, 0.5) is 4.79 Å². The highest BCUT2D eigenvalue weighted by molar-refractivity contribution is 5.91. The summed E-state index contributed by atoms with van der Waals surface area (Å²) in [6.45, 7) is 3.88. The minimum atomic E-state index is -0.624. The van der Waals surface area contributed by atoms with E-state index in [1.54, 1.807) is 19.8 Å². The second-order valence-electron chi connectivity index (χ2n) is 9.33. The molecule has 9 heteroatoms. The molecular formula is C26H35N5O4. The number of benzene rings is 1. The number of hydrazine groups is 1. The first-order valence-electron chi connectivity index (χ1n) is 12.5. The summed E-state index contributed by atoms with van der Waals surface area (Å²) >= 11 is 0. The topological polar surface area (TPSA) is 85.4 Å². The molecule has 3 saturated heterocycles. The van der Waals surface area contributed by atoms with Gasteiger partial charge in [-0.3, -0.25) is 9.59 Å².